The third kappa shape index (κ3) is 4.54. The topological polar surface area (TPSA) is 110 Å². The summed E-state index contributed by atoms with van der Waals surface area (Å²) in [6.45, 7) is -0.411. The molecule has 1 unspecified atom stereocenters. The van der Waals surface area contributed by atoms with E-state index in [0.717, 1.165) is 0 Å². The summed E-state index contributed by atoms with van der Waals surface area (Å²) in [5.41, 5.74) is 5.10. The molecule has 1 heterocycles. The second kappa shape index (κ2) is 6.54. The minimum atomic E-state index is -3.10. The molecule has 0 radical (unpaired) electrons. The van der Waals surface area contributed by atoms with Crippen molar-refractivity contribution in [2.24, 2.45) is 5.73 Å². The summed E-state index contributed by atoms with van der Waals surface area (Å²) in [6.07, 6.45) is 5.56. The van der Waals surface area contributed by atoms with Gasteiger partial charge in [0, 0.05) is 6.04 Å². The van der Waals surface area contributed by atoms with Gasteiger partial charge in [-0.2, -0.15) is 0 Å². The van der Waals surface area contributed by atoms with Crippen LogP contribution in [0.15, 0.2) is 0 Å². The predicted octanol–water partition coefficient (Wildman–Crippen LogP) is -2.29. The summed E-state index contributed by atoms with van der Waals surface area (Å²) in [5, 5.41) is 2.34. The second-order valence-corrected chi connectivity index (χ2v) is 6.49. The molecule has 1 fully saturated rings. The molecule has 0 aromatic heterocycles. The lowest BCUT2D eigenvalue weighted by atomic mass is 10.2. The first-order valence-corrected chi connectivity index (χ1v) is 7.62. The summed E-state index contributed by atoms with van der Waals surface area (Å²) in [5.74, 6) is 1.45. The minimum Gasteiger partial charge on any atom is -0.346 e. The maximum absolute atomic E-state index is 11.9. The van der Waals surface area contributed by atoms with E-state index < -0.39 is 27.7 Å². The molecule has 0 aromatic rings. The Labute approximate surface area is 112 Å². The van der Waals surface area contributed by atoms with E-state index in [2.05, 4.69) is 11.2 Å². The molecule has 0 aromatic carbocycles. The van der Waals surface area contributed by atoms with Gasteiger partial charge in [-0.25, -0.2) is 8.42 Å². The molecule has 0 saturated carbocycles. The maximum Gasteiger partial charge on any atom is 0.243 e. The Morgan fingerprint density at radius 2 is 2.16 bits per heavy atom. The molecule has 8 heteroatoms. The highest BCUT2D eigenvalue weighted by atomic mass is 32.2. The summed E-state index contributed by atoms with van der Waals surface area (Å²) in [4.78, 5) is 24.2. The van der Waals surface area contributed by atoms with E-state index in [1.807, 2.05) is 0 Å². The van der Waals surface area contributed by atoms with Gasteiger partial charge in [0.25, 0.3) is 0 Å². The zero-order valence-electron chi connectivity index (χ0n) is 10.5. The number of nitrogens with one attached hydrogen (secondary N) is 1. The molecule has 3 N–H and O–H groups in total. The van der Waals surface area contributed by atoms with E-state index in [-0.39, 0.29) is 31.1 Å². The average Bonchev–Trinajstić information content (AvgIpc) is 2.72. The molecular weight excluding hydrogens is 270 g/mol. The highest BCUT2D eigenvalue weighted by molar-refractivity contribution is 7.91. The Bertz CT molecular complexity index is 495. The Morgan fingerprint density at radius 1 is 1.47 bits per heavy atom. The van der Waals surface area contributed by atoms with E-state index in [1.165, 1.54) is 4.90 Å². The van der Waals surface area contributed by atoms with Crippen molar-refractivity contribution in [3.8, 4) is 12.3 Å². The second-order valence-electron chi connectivity index (χ2n) is 4.26. The SMILES string of the molecule is C#CCN(C(=O)CNC(=O)CN)C1CCS(=O)(=O)C1. The molecule has 0 bridgehead atoms. The van der Waals surface area contributed by atoms with Gasteiger partial charge in [-0.3, -0.25) is 9.59 Å². The molecule has 7 nitrogen and oxygen atoms in total. The number of hydrogen-bond donors (Lipinski definition) is 2. The van der Waals surface area contributed by atoms with Crippen LogP contribution in [0.3, 0.4) is 0 Å². The van der Waals surface area contributed by atoms with Crippen LogP contribution in [0, 0.1) is 12.3 Å². The zero-order valence-corrected chi connectivity index (χ0v) is 11.3. The minimum absolute atomic E-state index is 0.0253. The van der Waals surface area contributed by atoms with Crippen molar-refractivity contribution in [3.63, 3.8) is 0 Å². The van der Waals surface area contributed by atoms with Crippen molar-refractivity contribution in [3.05, 3.63) is 0 Å². The van der Waals surface area contributed by atoms with Crippen molar-refractivity contribution < 1.29 is 18.0 Å². The third-order valence-corrected chi connectivity index (χ3v) is 4.60. The molecule has 19 heavy (non-hydrogen) atoms. The number of amides is 2. The highest BCUT2D eigenvalue weighted by Crippen LogP contribution is 2.17. The van der Waals surface area contributed by atoms with Gasteiger partial charge >= 0.3 is 0 Å². The predicted molar refractivity (Wildman–Crippen MR) is 69.7 cm³/mol. The first kappa shape index (κ1) is 15.5. The average molecular weight is 287 g/mol. The zero-order chi connectivity index (χ0) is 14.5. The van der Waals surface area contributed by atoms with E-state index in [1.54, 1.807) is 0 Å². The van der Waals surface area contributed by atoms with Gasteiger partial charge in [0.15, 0.2) is 9.84 Å². The molecule has 0 spiro atoms. The normalized spacial score (nSPS) is 20.5. The number of terminal acetylenes is 1. The van der Waals surface area contributed by atoms with Crippen LogP contribution in [0.1, 0.15) is 6.42 Å². The Hall–Kier alpha value is -1.59. The highest BCUT2D eigenvalue weighted by Gasteiger charge is 2.34. The van der Waals surface area contributed by atoms with Crippen LogP contribution in [-0.4, -0.2) is 62.3 Å². The van der Waals surface area contributed by atoms with Crippen LogP contribution in [0.5, 0.6) is 0 Å². The van der Waals surface area contributed by atoms with E-state index in [9.17, 15) is 18.0 Å². The molecule has 2 amide bonds. The van der Waals surface area contributed by atoms with E-state index >= 15 is 0 Å². The molecule has 1 rings (SSSR count). The van der Waals surface area contributed by atoms with Gasteiger partial charge in [0.2, 0.25) is 11.8 Å². The van der Waals surface area contributed by atoms with Gasteiger partial charge < -0.3 is 16.0 Å². The smallest absolute Gasteiger partial charge is 0.243 e. The van der Waals surface area contributed by atoms with Crippen molar-refractivity contribution in [2.45, 2.75) is 12.5 Å². The maximum atomic E-state index is 11.9. The number of nitrogens with two attached hydrogens (primary N) is 1. The number of carbonyl (C=O) groups is 2. The Kier molecular flexibility index (Phi) is 5.32. The van der Waals surface area contributed by atoms with Crippen LogP contribution in [0.4, 0.5) is 0 Å². The van der Waals surface area contributed by atoms with Crippen LogP contribution >= 0.6 is 0 Å². The van der Waals surface area contributed by atoms with E-state index in [4.69, 9.17) is 12.2 Å². The largest absolute Gasteiger partial charge is 0.346 e. The Balaban J connectivity index is 2.65. The number of carbonyl (C=O) groups excluding carboxylic acids is 2. The molecular formula is C11H17N3O4S. The fourth-order valence-corrected chi connectivity index (χ4v) is 3.62. The van der Waals surface area contributed by atoms with E-state index in [0.29, 0.717) is 6.42 Å². The lowest BCUT2D eigenvalue weighted by Crippen LogP contribution is -2.47. The van der Waals surface area contributed by atoms with Crippen molar-refractivity contribution >= 4 is 21.7 Å². The lowest BCUT2D eigenvalue weighted by Gasteiger charge is -2.26. The first-order chi connectivity index (χ1) is 8.89. The number of hydrogen-bond acceptors (Lipinski definition) is 5. The Morgan fingerprint density at radius 3 is 2.63 bits per heavy atom. The fourth-order valence-electron chi connectivity index (χ4n) is 1.89. The monoisotopic (exact) mass is 287 g/mol. The molecule has 1 aliphatic heterocycles. The number of sulfone groups is 1. The molecule has 1 saturated heterocycles. The molecule has 1 aliphatic rings. The van der Waals surface area contributed by atoms with Gasteiger partial charge in [0.1, 0.15) is 0 Å². The van der Waals surface area contributed by atoms with Gasteiger partial charge in [-0.1, -0.05) is 5.92 Å². The van der Waals surface area contributed by atoms with Crippen molar-refractivity contribution in [2.75, 3.05) is 31.1 Å². The lowest BCUT2D eigenvalue weighted by molar-refractivity contribution is -0.133. The van der Waals surface area contributed by atoms with Gasteiger partial charge in [-0.15, -0.1) is 6.42 Å². The number of rotatable bonds is 5. The fraction of sp³-hybridized carbons (Fsp3) is 0.636. The summed E-state index contributed by atoms with van der Waals surface area (Å²) in [6, 6.07) is -0.414. The standard InChI is InChI=1S/C11H17N3O4S/c1-2-4-14(9-3-5-19(17,18)8-9)11(16)7-13-10(15)6-12/h1,9H,3-8,12H2,(H,13,15). The quantitative estimate of drug-likeness (QED) is 0.553. The first-order valence-electron chi connectivity index (χ1n) is 5.79. The summed E-state index contributed by atoms with van der Waals surface area (Å²) in [7, 11) is -3.10. The summed E-state index contributed by atoms with van der Waals surface area (Å²) >= 11 is 0. The molecule has 106 valence electrons. The molecule has 1 atom stereocenters. The van der Waals surface area contributed by atoms with Crippen LogP contribution in [0.25, 0.3) is 0 Å². The molecule has 0 aliphatic carbocycles. The number of nitrogens with zero attached hydrogens (tertiary/aromatic N) is 1. The van der Waals surface area contributed by atoms with Gasteiger partial charge in [0.05, 0.1) is 31.1 Å². The third-order valence-electron chi connectivity index (χ3n) is 2.85. The summed E-state index contributed by atoms with van der Waals surface area (Å²) < 4.78 is 22.8. The van der Waals surface area contributed by atoms with Crippen molar-refractivity contribution in [1.29, 1.82) is 0 Å². The van der Waals surface area contributed by atoms with Crippen LogP contribution in [-0.2, 0) is 19.4 Å². The van der Waals surface area contributed by atoms with Crippen molar-refractivity contribution in [1.82, 2.24) is 10.2 Å². The van der Waals surface area contributed by atoms with Gasteiger partial charge in [-0.05, 0) is 6.42 Å². The van der Waals surface area contributed by atoms with Crippen LogP contribution < -0.4 is 11.1 Å². The van der Waals surface area contributed by atoms with Crippen LogP contribution in [0.2, 0.25) is 0 Å².